The van der Waals surface area contributed by atoms with E-state index in [0.717, 1.165) is 19.6 Å². The summed E-state index contributed by atoms with van der Waals surface area (Å²) in [5.41, 5.74) is -0.687. The molecule has 2 saturated heterocycles. The molecule has 0 radical (unpaired) electrons. The fraction of sp³-hybridized carbons (Fsp3) is 0.917. The molecule has 2 fully saturated rings. The second-order valence-corrected chi connectivity index (χ2v) is 5.30. The predicted molar refractivity (Wildman–Crippen MR) is 65.7 cm³/mol. The molecule has 98 valence electrons. The van der Waals surface area contributed by atoms with Crippen LogP contribution in [-0.2, 0) is 4.79 Å². The van der Waals surface area contributed by atoms with Crippen molar-refractivity contribution in [1.82, 2.24) is 15.1 Å². The van der Waals surface area contributed by atoms with Crippen molar-refractivity contribution in [2.45, 2.75) is 24.9 Å². The first-order valence-electron chi connectivity index (χ1n) is 6.50. The van der Waals surface area contributed by atoms with Gasteiger partial charge in [0.1, 0.15) is 0 Å². The van der Waals surface area contributed by atoms with Gasteiger partial charge in [0.15, 0.2) is 0 Å². The molecule has 0 aliphatic carbocycles. The standard InChI is InChI=1S/C12H23N3O2/c1-13-8-11(16)15-7-4-12(17,10-15)9-14-5-2-3-6-14/h13,17H,2-10H2,1H3. The highest BCUT2D eigenvalue weighted by Crippen LogP contribution is 2.24. The number of nitrogens with zero attached hydrogens (tertiary/aromatic N) is 2. The quantitative estimate of drug-likeness (QED) is 0.681. The smallest absolute Gasteiger partial charge is 0.236 e. The number of likely N-dealkylation sites (tertiary alicyclic amines) is 2. The summed E-state index contributed by atoms with van der Waals surface area (Å²) in [6.45, 7) is 4.44. The zero-order chi connectivity index (χ0) is 12.3. The van der Waals surface area contributed by atoms with Crippen molar-refractivity contribution in [3.63, 3.8) is 0 Å². The molecule has 1 unspecified atom stereocenters. The summed E-state index contributed by atoms with van der Waals surface area (Å²) >= 11 is 0. The van der Waals surface area contributed by atoms with Gasteiger partial charge in [0.05, 0.1) is 18.7 Å². The molecule has 0 aromatic heterocycles. The first kappa shape index (κ1) is 12.8. The summed E-state index contributed by atoms with van der Waals surface area (Å²) in [4.78, 5) is 15.8. The highest BCUT2D eigenvalue weighted by molar-refractivity contribution is 5.78. The minimum absolute atomic E-state index is 0.0878. The van der Waals surface area contributed by atoms with Crippen LogP contribution in [0.3, 0.4) is 0 Å². The molecule has 2 heterocycles. The molecule has 2 rings (SSSR count). The van der Waals surface area contributed by atoms with Crippen molar-refractivity contribution >= 4 is 5.91 Å². The lowest BCUT2D eigenvalue weighted by atomic mass is 10.0. The van der Waals surface area contributed by atoms with Gasteiger partial charge in [0, 0.05) is 13.1 Å². The molecule has 17 heavy (non-hydrogen) atoms. The zero-order valence-electron chi connectivity index (χ0n) is 10.6. The molecule has 0 bridgehead atoms. The average molecular weight is 241 g/mol. The number of amides is 1. The summed E-state index contributed by atoms with van der Waals surface area (Å²) in [6.07, 6.45) is 3.18. The van der Waals surface area contributed by atoms with E-state index in [-0.39, 0.29) is 5.91 Å². The SMILES string of the molecule is CNCC(=O)N1CCC(O)(CN2CCCC2)C1. The zero-order valence-corrected chi connectivity index (χ0v) is 10.6. The minimum Gasteiger partial charge on any atom is -0.387 e. The Hall–Kier alpha value is -0.650. The monoisotopic (exact) mass is 241 g/mol. The summed E-state index contributed by atoms with van der Waals surface area (Å²) in [5.74, 6) is 0.0878. The second-order valence-electron chi connectivity index (χ2n) is 5.30. The maximum Gasteiger partial charge on any atom is 0.236 e. The predicted octanol–water partition coefficient (Wildman–Crippen LogP) is -0.735. The normalized spacial score (nSPS) is 30.1. The lowest BCUT2D eigenvalue weighted by molar-refractivity contribution is -0.130. The van der Waals surface area contributed by atoms with Crippen molar-refractivity contribution in [2.24, 2.45) is 0 Å². The first-order valence-corrected chi connectivity index (χ1v) is 6.50. The van der Waals surface area contributed by atoms with Crippen LogP contribution in [0.4, 0.5) is 0 Å². The fourth-order valence-corrected chi connectivity index (χ4v) is 2.82. The number of likely N-dealkylation sites (N-methyl/N-ethyl adjacent to an activating group) is 1. The van der Waals surface area contributed by atoms with Crippen molar-refractivity contribution < 1.29 is 9.90 Å². The topological polar surface area (TPSA) is 55.8 Å². The van der Waals surface area contributed by atoms with Gasteiger partial charge in [-0.15, -0.1) is 0 Å². The number of nitrogens with one attached hydrogen (secondary N) is 1. The van der Waals surface area contributed by atoms with Crippen LogP contribution in [0.25, 0.3) is 0 Å². The van der Waals surface area contributed by atoms with Crippen LogP contribution in [0.2, 0.25) is 0 Å². The maximum atomic E-state index is 11.7. The third kappa shape index (κ3) is 3.18. The van der Waals surface area contributed by atoms with Gasteiger partial charge in [-0.2, -0.15) is 0 Å². The number of hydrogen-bond donors (Lipinski definition) is 2. The molecule has 5 heteroatoms. The fourth-order valence-electron chi connectivity index (χ4n) is 2.82. The van der Waals surface area contributed by atoms with Gasteiger partial charge in [0.25, 0.3) is 0 Å². The molecule has 0 saturated carbocycles. The van der Waals surface area contributed by atoms with Gasteiger partial charge in [-0.1, -0.05) is 0 Å². The van der Waals surface area contributed by atoms with E-state index in [4.69, 9.17) is 0 Å². The van der Waals surface area contributed by atoms with Crippen LogP contribution in [0.1, 0.15) is 19.3 Å². The number of rotatable bonds is 4. The Kier molecular flexibility index (Phi) is 4.01. The Morgan fingerprint density at radius 3 is 2.71 bits per heavy atom. The van der Waals surface area contributed by atoms with E-state index >= 15 is 0 Å². The van der Waals surface area contributed by atoms with Gasteiger partial charge in [-0.25, -0.2) is 0 Å². The van der Waals surface area contributed by atoms with Gasteiger partial charge < -0.3 is 20.2 Å². The molecule has 1 atom stereocenters. The molecule has 0 aromatic carbocycles. The lowest BCUT2D eigenvalue weighted by Crippen LogP contribution is -2.45. The van der Waals surface area contributed by atoms with E-state index in [0.29, 0.717) is 26.1 Å². The Labute approximate surface area is 103 Å². The summed E-state index contributed by atoms with van der Waals surface area (Å²) in [7, 11) is 1.77. The summed E-state index contributed by atoms with van der Waals surface area (Å²) in [5, 5.41) is 13.3. The lowest BCUT2D eigenvalue weighted by Gasteiger charge is -2.28. The number of aliphatic hydroxyl groups is 1. The number of hydrogen-bond acceptors (Lipinski definition) is 4. The van der Waals surface area contributed by atoms with Crippen LogP contribution >= 0.6 is 0 Å². The van der Waals surface area contributed by atoms with Crippen molar-refractivity contribution in [2.75, 3.05) is 46.3 Å². The van der Waals surface area contributed by atoms with Gasteiger partial charge in [-0.05, 0) is 39.4 Å². The van der Waals surface area contributed by atoms with Crippen molar-refractivity contribution in [3.05, 3.63) is 0 Å². The molecular weight excluding hydrogens is 218 g/mol. The van der Waals surface area contributed by atoms with Crippen LogP contribution in [0, 0.1) is 0 Å². The van der Waals surface area contributed by atoms with E-state index in [9.17, 15) is 9.90 Å². The highest BCUT2D eigenvalue weighted by atomic mass is 16.3. The molecule has 1 amide bonds. The van der Waals surface area contributed by atoms with Gasteiger partial charge in [0.2, 0.25) is 5.91 Å². The second kappa shape index (κ2) is 5.33. The van der Waals surface area contributed by atoms with Crippen LogP contribution < -0.4 is 5.32 Å². The van der Waals surface area contributed by atoms with Gasteiger partial charge in [-0.3, -0.25) is 4.79 Å². The highest BCUT2D eigenvalue weighted by Gasteiger charge is 2.39. The molecule has 0 aromatic rings. The molecular formula is C12H23N3O2. The first-order chi connectivity index (χ1) is 8.13. The van der Waals surface area contributed by atoms with Crippen LogP contribution in [0.15, 0.2) is 0 Å². The van der Waals surface area contributed by atoms with E-state index in [1.165, 1.54) is 12.8 Å². The van der Waals surface area contributed by atoms with Crippen LogP contribution in [-0.4, -0.2) is 72.7 Å². The Bertz CT molecular complexity index is 279. The van der Waals surface area contributed by atoms with Crippen molar-refractivity contribution in [1.29, 1.82) is 0 Å². The molecule has 2 N–H and O–H groups in total. The van der Waals surface area contributed by atoms with Crippen LogP contribution in [0.5, 0.6) is 0 Å². The van der Waals surface area contributed by atoms with E-state index in [1.807, 2.05) is 0 Å². The average Bonchev–Trinajstić information content (AvgIpc) is 2.89. The number of β-amino-alcohol motifs (C(OH)–C–C–N with tert-alkyl or cyclic N) is 1. The van der Waals surface area contributed by atoms with E-state index < -0.39 is 5.60 Å². The maximum absolute atomic E-state index is 11.7. The number of carbonyl (C=O) groups is 1. The Morgan fingerprint density at radius 2 is 2.06 bits per heavy atom. The molecule has 2 aliphatic rings. The Morgan fingerprint density at radius 1 is 1.35 bits per heavy atom. The van der Waals surface area contributed by atoms with Crippen molar-refractivity contribution in [3.8, 4) is 0 Å². The summed E-state index contributed by atoms with van der Waals surface area (Å²) in [6, 6.07) is 0. The largest absolute Gasteiger partial charge is 0.387 e. The number of carbonyl (C=O) groups excluding carboxylic acids is 1. The third-order valence-corrected chi connectivity index (χ3v) is 3.73. The Balaban J connectivity index is 1.84. The third-order valence-electron chi connectivity index (χ3n) is 3.73. The molecule has 0 spiro atoms. The summed E-state index contributed by atoms with van der Waals surface area (Å²) < 4.78 is 0. The minimum atomic E-state index is -0.687. The van der Waals surface area contributed by atoms with Gasteiger partial charge >= 0.3 is 0 Å². The van der Waals surface area contributed by atoms with E-state index in [2.05, 4.69) is 10.2 Å². The van der Waals surface area contributed by atoms with E-state index in [1.54, 1.807) is 11.9 Å². The molecule has 5 nitrogen and oxygen atoms in total. The molecule has 2 aliphatic heterocycles.